The van der Waals surface area contributed by atoms with Crippen molar-refractivity contribution < 1.29 is 4.79 Å². The van der Waals surface area contributed by atoms with Crippen molar-refractivity contribution in [2.45, 2.75) is 12.6 Å². The van der Waals surface area contributed by atoms with Crippen LogP contribution in [0.2, 0.25) is 5.02 Å². The average molecular weight is 352 g/mol. The van der Waals surface area contributed by atoms with Gasteiger partial charge in [0.25, 0.3) is 0 Å². The third-order valence-corrected chi connectivity index (χ3v) is 4.11. The lowest BCUT2D eigenvalue weighted by Crippen LogP contribution is -2.31. The first-order chi connectivity index (χ1) is 9.56. The number of fused-ring (bicyclic) bond motifs is 1. The molecule has 0 aromatic heterocycles. The molecule has 0 radical (unpaired) electrons. The number of halogens is 2. The van der Waals surface area contributed by atoms with E-state index in [-0.39, 0.29) is 5.91 Å². The molecule has 1 atom stereocenters. The Balaban J connectivity index is 1.97. The van der Waals surface area contributed by atoms with Crippen LogP contribution in [0.25, 0.3) is 0 Å². The number of nitrogens with two attached hydrogens (primary N) is 1. The molecule has 1 aliphatic heterocycles. The molecule has 0 bridgehead atoms. The second-order valence-corrected chi connectivity index (χ2v) is 6.09. The monoisotopic (exact) mass is 350 g/mol. The summed E-state index contributed by atoms with van der Waals surface area (Å²) in [7, 11) is 0. The van der Waals surface area contributed by atoms with Crippen LogP contribution in [0.15, 0.2) is 46.9 Å². The van der Waals surface area contributed by atoms with Crippen LogP contribution in [0.5, 0.6) is 0 Å². The van der Waals surface area contributed by atoms with Gasteiger partial charge in [-0.15, -0.1) is 0 Å². The standard InChI is InChI=1S/C15H12BrClN2O/c16-10-4-5-13-12(7-10)14(18)15(20)19(13)8-9-2-1-3-11(17)6-9/h1-7,14H,8,18H2/t14-/m0/s1. The van der Waals surface area contributed by atoms with Crippen LogP contribution in [-0.2, 0) is 11.3 Å². The van der Waals surface area contributed by atoms with Crippen molar-refractivity contribution in [3.05, 3.63) is 63.1 Å². The fraction of sp³-hybridized carbons (Fsp3) is 0.133. The van der Waals surface area contributed by atoms with Crippen molar-refractivity contribution in [3.8, 4) is 0 Å². The summed E-state index contributed by atoms with van der Waals surface area (Å²) in [6, 6.07) is 12.6. The van der Waals surface area contributed by atoms with Gasteiger partial charge in [-0.25, -0.2) is 0 Å². The maximum Gasteiger partial charge on any atom is 0.248 e. The van der Waals surface area contributed by atoms with Crippen LogP contribution >= 0.6 is 27.5 Å². The van der Waals surface area contributed by atoms with E-state index >= 15 is 0 Å². The number of anilines is 1. The third kappa shape index (κ3) is 2.35. The molecule has 0 fully saturated rings. The number of hydrogen-bond donors (Lipinski definition) is 1. The molecule has 2 N–H and O–H groups in total. The predicted molar refractivity (Wildman–Crippen MR) is 83.7 cm³/mol. The van der Waals surface area contributed by atoms with Gasteiger partial charge in [-0.3, -0.25) is 4.79 Å². The lowest BCUT2D eigenvalue weighted by atomic mass is 10.1. The molecule has 2 aromatic rings. The van der Waals surface area contributed by atoms with Gasteiger partial charge in [0.05, 0.1) is 6.54 Å². The van der Waals surface area contributed by atoms with Crippen molar-refractivity contribution in [2.75, 3.05) is 4.90 Å². The second-order valence-electron chi connectivity index (χ2n) is 4.74. The van der Waals surface area contributed by atoms with Crippen LogP contribution in [0.4, 0.5) is 5.69 Å². The highest BCUT2D eigenvalue weighted by Gasteiger charge is 2.34. The van der Waals surface area contributed by atoms with E-state index in [4.69, 9.17) is 17.3 Å². The van der Waals surface area contributed by atoms with Crippen LogP contribution in [0.3, 0.4) is 0 Å². The van der Waals surface area contributed by atoms with Gasteiger partial charge in [-0.1, -0.05) is 39.7 Å². The minimum atomic E-state index is -0.596. The van der Waals surface area contributed by atoms with Crippen molar-refractivity contribution >= 4 is 39.1 Å². The first kappa shape index (κ1) is 13.6. The zero-order valence-electron chi connectivity index (χ0n) is 10.5. The first-order valence-electron chi connectivity index (χ1n) is 6.17. The number of nitrogens with zero attached hydrogens (tertiary/aromatic N) is 1. The maximum atomic E-state index is 12.3. The Morgan fingerprint density at radius 1 is 1.25 bits per heavy atom. The minimum absolute atomic E-state index is 0.0851. The summed E-state index contributed by atoms with van der Waals surface area (Å²) in [6.45, 7) is 0.474. The Labute approximate surface area is 130 Å². The summed E-state index contributed by atoms with van der Waals surface area (Å²) in [4.78, 5) is 14.0. The predicted octanol–water partition coefficient (Wildman–Crippen LogP) is 3.65. The zero-order chi connectivity index (χ0) is 14.3. The Kier molecular flexibility index (Phi) is 3.54. The van der Waals surface area contributed by atoms with Gasteiger partial charge in [0.15, 0.2) is 0 Å². The van der Waals surface area contributed by atoms with Gasteiger partial charge >= 0.3 is 0 Å². The summed E-state index contributed by atoms with van der Waals surface area (Å²) in [5, 5.41) is 0.662. The van der Waals surface area contributed by atoms with Gasteiger partial charge in [0.2, 0.25) is 5.91 Å². The molecule has 3 rings (SSSR count). The largest absolute Gasteiger partial charge is 0.316 e. The highest BCUT2D eigenvalue weighted by Crippen LogP contribution is 2.37. The Morgan fingerprint density at radius 2 is 2.05 bits per heavy atom. The summed E-state index contributed by atoms with van der Waals surface area (Å²) in [5.41, 5.74) is 8.69. The molecule has 1 aliphatic rings. The minimum Gasteiger partial charge on any atom is -0.316 e. The number of benzene rings is 2. The Hall–Kier alpha value is -1.36. The molecule has 20 heavy (non-hydrogen) atoms. The molecule has 1 amide bonds. The molecule has 0 spiro atoms. The van der Waals surface area contributed by atoms with Crippen molar-refractivity contribution in [1.29, 1.82) is 0 Å². The first-order valence-corrected chi connectivity index (χ1v) is 7.34. The second kappa shape index (κ2) is 5.20. The van der Waals surface area contributed by atoms with Gasteiger partial charge in [0.1, 0.15) is 6.04 Å². The molecule has 0 saturated heterocycles. The normalized spacial score (nSPS) is 17.4. The van der Waals surface area contributed by atoms with Crippen LogP contribution < -0.4 is 10.6 Å². The van der Waals surface area contributed by atoms with Gasteiger partial charge < -0.3 is 10.6 Å². The third-order valence-electron chi connectivity index (χ3n) is 3.38. The molecular weight excluding hydrogens is 340 g/mol. The van der Waals surface area contributed by atoms with Crippen LogP contribution in [0, 0.1) is 0 Å². The van der Waals surface area contributed by atoms with E-state index in [9.17, 15) is 4.79 Å². The van der Waals surface area contributed by atoms with Crippen molar-refractivity contribution in [3.63, 3.8) is 0 Å². The van der Waals surface area contributed by atoms with E-state index in [1.165, 1.54) is 0 Å². The quantitative estimate of drug-likeness (QED) is 0.897. The van der Waals surface area contributed by atoms with Crippen LogP contribution in [0.1, 0.15) is 17.2 Å². The molecule has 0 saturated carbocycles. The zero-order valence-corrected chi connectivity index (χ0v) is 12.9. The number of amides is 1. The molecule has 0 aliphatic carbocycles. The smallest absolute Gasteiger partial charge is 0.248 e. The van der Waals surface area contributed by atoms with Gasteiger partial charge in [-0.05, 0) is 35.9 Å². The molecule has 2 aromatic carbocycles. The number of carbonyl (C=O) groups is 1. The average Bonchev–Trinajstić information content (AvgIpc) is 2.64. The van der Waals surface area contributed by atoms with Crippen LogP contribution in [-0.4, -0.2) is 5.91 Å². The number of rotatable bonds is 2. The van der Waals surface area contributed by atoms with Crippen molar-refractivity contribution in [2.24, 2.45) is 5.73 Å². The number of carbonyl (C=O) groups excluding carboxylic acids is 1. The summed E-state index contributed by atoms with van der Waals surface area (Å²) in [5.74, 6) is -0.0851. The molecule has 1 heterocycles. The summed E-state index contributed by atoms with van der Waals surface area (Å²) >= 11 is 9.39. The van der Waals surface area contributed by atoms with E-state index in [0.29, 0.717) is 11.6 Å². The molecule has 3 nitrogen and oxygen atoms in total. The lowest BCUT2D eigenvalue weighted by Gasteiger charge is -2.18. The SMILES string of the molecule is N[C@@H]1C(=O)N(Cc2cccc(Cl)c2)c2ccc(Br)cc21. The molecular formula is C15H12BrClN2O. The van der Waals surface area contributed by atoms with E-state index in [0.717, 1.165) is 21.3 Å². The molecule has 5 heteroatoms. The molecule has 102 valence electrons. The molecule has 0 unspecified atom stereocenters. The van der Waals surface area contributed by atoms with Gasteiger partial charge in [-0.2, -0.15) is 0 Å². The number of hydrogen-bond acceptors (Lipinski definition) is 2. The Morgan fingerprint density at radius 3 is 2.80 bits per heavy atom. The van der Waals surface area contributed by atoms with Gasteiger partial charge in [0, 0.05) is 20.7 Å². The van der Waals surface area contributed by atoms with E-state index in [2.05, 4.69) is 15.9 Å². The fourth-order valence-electron chi connectivity index (χ4n) is 2.42. The maximum absolute atomic E-state index is 12.3. The lowest BCUT2D eigenvalue weighted by molar-refractivity contribution is -0.119. The van der Waals surface area contributed by atoms with E-state index in [1.54, 1.807) is 4.90 Å². The Bertz CT molecular complexity index is 689. The van der Waals surface area contributed by atoms with Crippen molar-refractivity contribution in [1.82, 2.24) is 0 Å². The van der Waals surface area contributed by atoms with E-state index < -0.39 is 6.04 Å². The highest BCUT2D eigenvalue weighted by molar-refractivity contribution is 9.10. The van der Waals surface area contributed by atoms with E-state index in [1.807, 2.05) is 42.5 Å². The topological polar surface area (TPSA) is 46.3 Å². The fourth-order valence-corrected chi connectivity index (χ4v) is 3.01. The highest BCUT2D eigenvalue weighted by atomic mass is 79.9. The summed E-state index contributed by atoms with van der Waals surface area (Å²) < 4.78 is 0.920. The summed E-state index contributed by atoms with van der Waals surface area (Å²) in [6.07, 6.45) is 0.